The van der Waals surface area contributed by atoms with Gasteiger partial charge in [0.1, 0.15) is 0 Å². The minimum atomic E-state index is -0.460. The first kappa shape index (κ1) is 22.5. The highest BCUT2D eigenvalue weighted by molar-refractivity contribution is 5.82. The van der Waals surface area contributed by atoms with Crippen molar-refractivity contribution in [3.8, 4) is 0 Å². The van der Waals surface area contributed by atoms with Crippen molar-refractivity contribution in [3.63, 3.8) is 0 Å². The molecule has 0 N–H and O–H groups in total. The van der Waals surface area contributed by atoms with Gasteiger partial charge in [0, 0.05) is 0 Å². The third-order valence-electron chi connectivity index (χ3n) is 5.82. The van der Waals surface area contributed by atoms with Crippen LogP contribution in [0.4, 0.5) is 0 Å². The average molecular weight is 365 g/mol. The quantitative estimate of drug-likeness (QED) is 0.487. The van der Waals surface area contributed by atoms with E-state index in [4.69, 9.17) is 9.47 Å². The number of hydrogen-bond acceptors (Lipinski definition) is 4. The molecule has 2 atom stereocenters. The molecule has 4 heteroatoms. The van der Waals surface area contributed by atoms with Crippen molar-refractivity contribution >= 4 is 11.9 Å². The Bertz CT molecular complexity index is 575. The van der Waals surface area contributed by atoms with Crippen molar-refractivity contribution in [2.45, 2.75) is 67.2 Å². The van der Waals surface area contributed by atoms with E-state index >= 15 is 0 Å². The van der Waals surface area contributed by atoms with E-state index in [1.54, 1.807) is 0 Å². The van der Waals surface area contributed by atoms with E-state index in [1.165, 1.54) is 25.4 Å². The van der Waals surface area contributed by atoms with Crippen LogP contribution >= 0.6 is 0 Å². The molecule has 1 aliphatic carbocycles. The summed E-state index contributed by atoms with van der Waals surface area (Å²) in [6, 6.07) is 0. The zero-order chi connectivity index (χ0) is 20.1. The summed E-state index contributed by atoms with van der Waals surface area (Å²) in [5.74, 6) is -1.57. The van der Waals surface area contributed by atoms with E-state index in [-0.39, 0.29) is 22.8 Å². The number of rotatable bonds is 6. The molecule has 0 fully saturated rings. The van der Waals surface area contributed by atoms with Crippen LogP contribution in [0, 0.1) is 22.7 Å². The number of carbonyl (C=O) groups is 2. The highest BCUT2D eigenvalue weighted by Crippen LogP contribution is 2.42. The summed E-state index contributed by atoms with van der Waals surface area (Å²) in [5.41, 5.74) is 2.79. The van der Waals surface area contributed by atoms with E-state index in [0.717, 1.165) is 12.8 Å². The van der Waals surface area contributed by atoms with Gasteiger partial charge < -0.3 is 9.47 Å². The smallest absolute Gasteiger partial charge is 0.309 e. The van der Waals surface area contributed by atoms with Gasteiger partial charge in [0.25, 0.3) is 0 Å². The Balaban J connectivity index is 2.90. The van der Waals surface area contributed by atoms with Gasteiger partial charge in [0.05, 0.1) is 26.1 Å². The van der Waals surface area contributed by atoms with Crippen LogP contribution in [0.2, 0.25) is 0 Å². The van der Waals surface area contributed by atoms with Crippen LogP contribution in [0.1, 0.15) is 67.2 Å². The highest BCUT2D eigenvalue weighted by atomic mass is 16.5. The van der Waals surface area contributed by atoms with E-state index in [2.05, 4.69) is 53.7 Å². The first-order valence-electron chi connectivity index (χ1n) is 9.46. The molecule has 148 valence electrons. The maximum atomic E-state index is 12.2. The molecule has 2 unspecified atom stereocenters. The molecular formula is C22H36O4. The predicted octanol–water partition coefficient (Wildman–Crippen LogP) is 5.08. The van der Waals surface area contributed by atoms with Gasteiger partial charge in [-0.25, -0.2) is 0 Å². The van der Waals surface area contributed by atoms with Crippen LogP contribution < -0.4 is 0 Å². The van der Waals surface area contributed by atoms with Gasteiger partial charge in [-0.3, -0.25) is 9.59 Å². The second-order valence-corrected chi connectivity index (χ2v) is 8.99. The molecule has 1 aliphatic rings. The second-order valence-electron chi connectivity index (χ2n) is 8.99. The molecule has 0 radical (unpaired) electrons. The summed E-state index contributed by atoms with van der Waals surface area (Å²) < 4.78 is 9.82. The molecule has 0 amide bonds. The summed E-state index contributed by atoms with van der Waals surface area (Å²) in [6.45, 7) is 13.3. The molecule has 0 heterocycles. The fourth-order valence-electron chi connectivity index (χ4n) is 3.38. The molecular weight excluding hydrogens is 328 g/mol. The Morgan fingerprint density at radius 1 is 1.08 bits per heavy atom. The van der Waals surface area contributed by atoms with Crippen molar-refractivity contribution in [2.75, 3.05) is 14.2 Å². The lowest BCUT2D eigenvalue weighted by Gasteiger charge is -2.35. The lowest BCUT2D eigenvalue weighted by atomic mass is 9.69. The maximum Gasteiger partial charge on any atom is 0.309 e. The van der Waals surface area contributed by atoms with Gasteiger partial charge in [-0.1, -0.05) is 57.9 Å². The van der Waals surface area contributed by atoms with Crippen molar-refractivity contribution in [2.24, 2.45) is 22.7 Å². The minimum Gasteiger partial charge on any atom is -0.469 e. The lowest BCUT2D eigenvalue weighted by Crippen LogP contribution is -2.36. The molecule has 0 saturated carbocycles. The van der Waals surface area contributed by atoms with Crippen LogP contribution in [-0.2, 0) is 19.1 Å². The number of hydrogen-bond donors (Lipinski definition) is 0. The Hall–Kier alpha value is -1.58. The fraction of sp³-hybridized carbons (Fsp3) is 0.727. The van der Waals surface area contributed by atoms with Crippen LogP contribution in [0.25, 0.3) is 0 Å². The maximum absolute atomic E-state index is 12.2. The number of carbonyl (C=O) groups excluding carboxylic acids is 2. The van der Waals surface area contributed by atoms with Crippen LogP contribution in [-0.4, -0.2) is 26.2 Å². The highest BCUT2D eigenvalue weighted by Gasteiger charge is 2.40. The molecule has 0 aliphatic heterocycles. The van der Waals surface area contributed by atoms with E-state index in [1.807, 2.05) is 0 Å². The van der Waals surface area contributed by atoms with Crippen molar-refractivity contribution < 1.29 is 19.1 Å². The summed E-state index contributed by atoms with van der Waals surface area (Å²) in [4.78, 5) is 24.2. The molecule has 4 nitrogen and oxygen atoms in total. The predicted molar refractivity (Wildman–Crippen MR) is 105 cm³/mol. The number of allylic oxidation sites excluding steroid dienone is 4. The second kappa shape index (κ2) is 8.88. The molecule has 0 bridgehead atoms. The molecule has 0 aromatic rings. The number of ether oxygens (including phenoxy) is 2. The fourth-order valence-corrected chi connectivity index (χ4v) is 3.38. The zero-order valence-electron chi connectivity index (χ0n) is 17.8. The van der Waals surface area contributed by atoms with E-state index in [0.29, 0.717) is 12.8 Å². The first-order valence-corrected chi connectivity index (χ1v) is 9.46. The minimum absolute atomic E-state index is 0.0258. The molecule has 0 aromatic carbocycles. The Morgan fingerprint density at radius 2 is 1.62 bits per heavy atom. The molecule has 0 spiro atoms. The average Bonchev–Trinajstić information content (AvgIpc) is 2.58. The van der Waals surface area contributed by atoms with Gasteiger partial charge in [0.15, 0.2) is 0 Å². The van der Waals surface area contributed by atoms with Crippen LogP contribution in [0.15, 0.2) is 23.3 Å². The monoisotopic (exact) mass is 364 g/mol. The van der Waals surface area contributed by atoms with Gasteiger partial charge >= 0.3 is 11.9 Å². The van der Waals surface area contributed by atoms with Gasteiger partial charge in [-0.05, 0) is 43.4 Å². The Labute approximate surface area is 159 Å². The number of methoxy groups -OCH3 is 2. The number of esters is 2. The largest absolute Gasteiger partial charge is 0.469 e. The summed E-state index contributed by atoms with van der Waals surface area (Å²) in [7, 11) is 2.74. The zero-order valence-corrected chi connectivity index (χ0v) is 17.8. The topological polar surface area (TPSA) is 52.6 Å². The first-order chi connectivity index (χ1) is 11.9. The molecule has 0 aromatic heterocycles. The molecule has 1 rings (SSSR count). The van der Waals surface area contributed by atoms with Crippen molar-refractivity contribution in [1.82, 2.24) is 0 Å². The van der Waals surface area contributed by atoms with E-state index in [9.17, 15) is 9.59 Å². The molecule has 0 saturated heterocycles. The Morgan fingerprint density at radius 3 is 2.12 bits per heavy atom. The summed E-state index contributed by atoms with van der Waals surface area (Å²) >= 11 is 0. The summed E-state index contributed by atoms with van der Waals surface area (Å²) in [5, 5.41) is 0. The Kier molecular flexibility index (Phi) is 7.67. The van der Waals surface area contributed by atoms with Gasteiger partial charge in [-0.15, -0.1) is 0 Å². The third kappa shape index (κ3) is 5.72. The summed E-state index contributed by atoms with van der Waals surface area (Å²) in [6.07, 6.45) is 7.53. The lowest BCUT2D eigenvalue weighted by molar-refractivity contribution is -0.158. The SMILES string of the molecule is COC(=O)C1CC=C(C(C)(C)CCC=C(C)C(C)(C)C)CC1C(=O)OC. The van der Waals surface area contributed by atoms with Crippen LogP contribution in [0.5, 0.6) is 0 Å². The van der Waals surface area contributed by atoms with Crippen molar-refractivity contribution in [3.05, 3.63) is 23.3 Å². The van der Waals surface area contributed by atoms with E-state index < -0.39 is 11.8 Å². The standard InChI is InChI=1S/C22H36O4/c1-15(21(2,3)4)10-9-13-22(5,6)16-11-12-17(19(23)25-7)18(14-16)20(24)26-8/h10-11,17-18H,9,12-14H2,1-8H3. The van der Waals surface area contributed by atoms with Crippen LogP contribution in [0.3, 0.4) is 0 Å². The van der Waals surface area contributed by atoms with Gasteiger partial charge in [-0.2, -0.15) is 0 Å². The molecule has 26 heavy (non-hydrogen) atoms. The normalized spacial score (nSPS) is 21.8. The third-order valence-corrected chi connectivity index (χ3v) is 5.82. The van der Waals surface area contributed by atoms with Crippen molar-refractivity contribution in [1.29, 1.82) is 0 Å². The van der Waals surface area contributed by atoms with Gasteiger partial charge in [0.2, 0.25) is 0 Å².